The number of likely N-dealkylation sites (N-methyl/N-ethyl adjacent to an activating group) is 1. The van der Waals surface area contributed by atoms with Gasteiger partial charge in [-0.3, -0.25) is 9.59 Å². The van der Waals surface area contributed by atoms with Gasteiger partial charge in [0.1, 0.15) is 5.78 Å². The number of hydrogen-bond donors (Lipinski definition) is 1. The number of nitrogens with one attached hydrogen (secondary N) is 1. The van der Waals surface area contributed by atoms with E-state index in [0.717, 1.165) is 49.9 Å². The van der Waals surface area contributed by atoms with Crippen LogP contribution in [0, 0.1) is 17.8 Å². The Kier molecular flexibility index (Phi) is 5.74. The van der Waals surface area contributed by atoms with Crippen molar-refractivity contribution in [3.05, 3.63) is 24.3 Å². The Hall–Kier alpha value is -1.53. The summed E-state index contributed by atoms with van der Waals surface area (Å²) in [6, 6.07) is 8.22. The Labute approximate surface area is 165 Å². The molecule has 0 spiro atoms. The number of Topliss-reactive ketones (excluding diaryl/α,β-unsaturated/α-hetero) is 1. The fourth-order valence-electron chi connectivity index (χ4n) is 4.54. The van der Waals surface area contributed by atoms with Crippen LogP contribution in [0.5, 0.6) is 0 Å². The van der Waals surface area contributed by atoms with Crippen molar-refractivity contribution in [1.29, 1.82) is 0 Å². The van der Waals surface area contributed by atoms with Crippen LogP contribution in [-0.4, -0.2) is 60.8 Å². The summed E-state index contributed by atoms with van der Waals surface area (Å²) in [5.41, 5.74) is 2.07. The number of hydrogen-bond acceptors (Lipinski definition) is 5. The van der Waals surface area contributed by atoms with E-state index in [1.54, 1.807) is 0 Å². The van der Waals surface area contributed by atoms with E-state index in [0.29, 0.717) is 18.6 Å². The van der Waals surface area contributed by atoms with E-state index in [2.05, 4.69) is 34.2 Å². The fraction of sp³-hybridized carbons (Fsp3) is 0.619. The van der Waals surface area contributed by atoms with Crippen LogP contribution in [0.4, 0.5) is 11.4 Å². The number of nitrogens with zero attached hydrogens (tertiary/aromatic N) is 2. The summed E-state index contributed by atoms with van der Waals surface area (Å²) in [5, 5.41) is 3.08. The van der Waals surface area contributed by atoms with Crippen molar-refractivity contribution in [2.75, 3.05) is 54.4 Å². The van der Waals surface area contributed by atoms with Gasteiger partial charge in [-0.25, -0.2) is 0 Å². The molecule has 1 aromatic carbocycles. The topological polar surface area (TPSA) is 52.6 Å². The number of anilines is 2. The van der Waals surface area contributed by atoms with Crippen molar-refractivity contribution >= 4 is 34.8 Å². The lowest BCUT2D eigenvalue weighted by molar-refractivity contribution is -0.132. The van der Waals surface area contributed by atoms with E-state index in [1.165, 1.54) is 5.69 Å². The smallest absolute Gasteiger partial charge is 0.227 e. The standard InChI is InChI=1S/C21H29N3O2S/c1-2-23-7-9-24(10-8-23)19-5-3-18(4-6-19)22-21(26)15-11-16-13-27-14-17(12-15)20(16)25/h3-6,15-17H,2,7-14H2,1H3,(H,22,26). The quantitative estimate of drug-likeness (QED) is 0.861. The minimum absolute atomic E-state index is 0.0274. The third kappa shape index (κ3) is 4.16. The maximum atomic E-state index is 12.7. The van der Waals surface area contributed by atoms with Gasteiger partial charge in [0.25, 0.3) is 0 Å². The Balaban J connectivity index is 1.33. The molecule has 3 fully saturated rings. The number of ketones is 1. The predicted octanol–water partition coefficient (Wildman–Crippen LogP) is 2.73. The summed E-state index contributed by atoms with van der Waals surface area (Å²) in [7, 11) is 0. The summed E-state index contributed by atoms with van der Waals surface area (Å²) in [5.74, 6) is 2.39. The molecule has 2 heterocycles. The normalized spacial score (nSPS) is 28.9. The van der Waals surface area contributed by atoms with E-state index < -0.39 is 0 Å². The monoisotopic (exact) mass is 387 g/mol. The van der Waals surface area contributed by atoms with Crippen LogP contribution in [-0.2, 0) is 9.59 Å². The second-order valence-corrected chi connectivity index (χ2v) is 9.03. The first-order valence-corrected chi connectivity index (χ1v) is 11.3. The van der Waals surface area contributed by atoms with E-state index in [-0.39, 0.29) is 23.7 Å². The molecule has 1 saturated carbocycles. The van der Waals surface area contributed by atoms with Gasteiger partial charge >= 0.3 is 0 Å². The number of amides is 1. The van der Waals surface area contributed by atoms with Crippen LogP contribution in [0.2, 0.25) is 0 Å². The molecule has 2 aliphatic heterocycles. The van der Waals surface area contributed by atoms with Crippen LogP contribution in [0.3, 0.4) is 0 Å². The fourth-order valence-corrected chi connectivity index (χ4v) is 5.84. The maximum absolute atomic E-state index is 12.7. The number of carbonyl (C=O) groups is 2. The number of benzene rings is 1. The van der Waals surface area contributed by atoms with Crippen LogP contribution < -0.4 is 10.2 Å². The summed E-state index contributed by atoms with van der Waals surface area (Å²) >= 11 is 1.86. The molecule has 2 unspecified atom stereocenters. The molecule has 2 bridgehead atoms. The third-order valence-corrected chi connectivity index (χ3v) is 7.55. The highest BCUT2D eigenvalue weighted by Gasteiger charge is 2.41. The van der Waals surface area contributed by atoms with E-state index in [4.69, 9.17) is 0 Å². The molecule has 3 aliphatic rings. The van der Waals surface area contributed by atoms with Gasteiger partial charge in [0.2, 0.25) is 5.91 Å². The van der Waals surface area contributed by atoms with Gasteiger partial charge in [-0.1, -0.05) is 6.92 Å². The second-order valence-electron chi connectivity index (χ2n) is 7.96. The predicted molar refractivity (Wildman–Crippen MR) is 111 cm³/mol. The van der Waals surface area contributed by atoms with Crippen molar-refractivity contribution < 1.29 is 9.59 Å². The van der Waals surface area contributed by atoms with Crippen LogP contribution >= 0.6 is 11.8 Å². The van der Waals surface area contributed by atoms with Crippen molar-refractivity contribution in [1.82, 2.24) is 4.90 Å². The Morgan fingerprint density at radius 1 is 1.07 bits per heavy atom. The van der Waals surface area contributed by atoms with Crippen molar-refractivity contribution in [2.24, 2.45) is 17.8 Å². The molecule has 1 amide bonds. The van der Waals surface area contributed by atoms with E-state index >= 15 is 0 Å². The molecule has 2 saturated heterocycles. The number of fused-ring (bicyclic) bond motifs is 2. The first-order valence-electron chi connectivity index (χ1n) is 10.1. The van der Waals surface area contributed by atoms with Gasteiger partial charge in [-0.15, -0.1) is 0 Å². The van der Waals surface area contributed by atoms with Crippen molar-refractivity contribution in [3.8, 4) is 0 Å². The van der Waals surface area contributed by atoms with Crippen LogP contribution in [0.15, 0.2) is 24.3 Å². The number of carbonyl (C=O) groups excluding carboxylic acids is 2. The van der Waals surface area contributed by atoms with Crippen LogP contribution in [0.1, 0.15) is 19.8 Å². The molecular weight excluding hydrogens is 358 g/mol. The lowest BCUT2D eigenvalue weighted by Crippen LogP contribution is -2.46. The molecule has 146 valence electrons. The molecule has 0 radical (unpaired) electrons. The van der Waals surface area contributed by atoms with Gasteiger partial charge in [-0.2, -0.15) is 11.8 Å². The molecule has 4 rings (SSSR count). The highest BCUT2D eigenvalue weighted by molar-refractivity contribution is 7.99. The highest BCUT2D eigenvalue weighted by Crippen LogP contribution is 2.39. The molecule has 27 heavy (non-hydrogen) atoms. The zero-order valence-electron chi connectivity index (χ0n) is 16.0. The van der Waals surface area contributed by atoms with Crippen molar-refractivity contribution in [2.45, 2.75) is 19.8 Å². The van der Waals surface area contributed by atoms with Gasteiger partial charge < -0.3 is 15.1 Å². The largest absolute Gasteiger partial charge is 0.369 e. The summed E-state index contributed by atoms with van der Waals surface area (Å²) < 4.78 is 0. The first-order chi connectivity index (χ1) is 13.1. The molecule has 6 heteroatoms. The van der Waals surface area contributed by atoms with E-state index in [1.807, 2.05) is 23.9 Å². The average molecular weight is 388 g/mol. The van der Waals surface area contributed by atoms with Gasteiger partial charge in [0, 0.05) is 66.8 Å². The minimum atomic E-state index is -0.0274. The maximum Gasteiger partial charge on any atom is 0.227 e. The summed E-state index contributed by atoms with van der Waals surface area (Å²) in [4.78, 5) is 29.8. The SMILES string of the molecule is CCN1CCN(c2ccc(NC(=O)C3CC4CSCC(C3)C4=O)cc2)CC1. The number of thioether (sulfide) groups is 1. The van der Waals surface area contributed by atoms with Crippen LogP contribution in [0.25, 0.3) is 0 Å². The lowest BCUT2D eigenvalue weighted by Gasteiger charge is -2.36. The lowest BCUT2D eigenvalue weighted by atomic mass is 9.75. The van der Waals surface area contributed by atoms with Gasteiger partial charge in [0.05, 0.1) is 0 Å². The summed E-state index contributed by atoms with van der Waals surface area (Å²) in [6.07, 6.45) is 1.43. The summed E-state index contributed by atoms with van der Waals surface area (Å²) in [6.45, 7) is 7.65. The number of piperazine rings is 1. The van der Waals surface area contributed by atoms with Crippen molar-refractivity contribution in [3.63, 3.8) is 0 Å². The molecule has 1 N–H and O–H groups in total. The molecule has 5 nitrogen and oxygen atoms in total. The third-order valence-electron chi connectivity index (χ3n) is 6.27. The molecule has 1 aromatic rings. The average Bonchev–Trinajstić information content (AvgIpc) is 2.68. The zero-order valence-corrected chi connectivity index (χ0v) is 16.8. The number of rotatable bonds is 4. The Morgan fingerprint density at radius 3 is 2.30 bits per heavy atom. The molecule has 1 aliphatic carbocycles. The zero-order chi connectivity index (χ0) is 18.8. The van der Waals surface area contributed by atoms with E-state index in [9.17, 15) is 9.59 Å². The Morgan fingerprint density at radius 2 is 1.70 bits per heavy atom. The second kappa shape index (κ2) is 8.23. The minimum Gasteiger partial charge on any atom is -0.369 e. The highest BCUT2D eigenvalue weighted by atomic mass is 32.2. The molecule has 0 aromatic heterocycles. The van der Waals surface area contributed by atoms with Gasteiger partial charge in [0.15, 0.2) is 0 Å². The van der Waals surface area contributed by atoms with Gasteiger partial charge in [-0.05, 0) is 43.7 Å². The first kappa shape index (κ1) is 18.8. The Bertz CT molecular complexity index is 669. The molecule has 2 atom stereocenters. The molecular formula is C21H29N3O2S.